The smallest absolute Gasteiger partial charge is 0.204 e. The molecule has 0 fully saturated rings. The van der Waals surface area contributed by atoms with E-state index in [2.05, 4.69) is 4.98 Å². The molecule has 1 aromatic heterocycles. The number of aryl methyl sites for hydroxylation is 2. The Morgan fingerprint density at radius 1 is 1.33 bits per heavy atom. The molecule has 1 heterocycles. The normalized spacial score (nSPS) is 10.3. The number of benzene rings is 1. The summed E-state index contributed by atoms with van der Waals surface area (Å²) in [5.74, 6) is 0.0595. The maximum Gasteiger partial charge on any atom is 0.204 e. The van der Waals surface area contributed by atoms with Gasteiger partial charge in [0.05, 0.1) is 9.88 Å². The van der Waals surface area contributed by atoms with E-state index in [-0.39, 0.29) is 5.78 Å². The summed E-state index contributed by atoms with van der Waals surface area (Å²) in [6.07, 6.45) is 1.64. The van der Waals surface area contributed by atoms with E-state index in [1.807, 2.05) is 38.1 Å². The summed E-state index contributed by atoms with van der Waals surface area (Å²) < 4.78 is 0. The van der Waals surface area contributed by atoms with E-state index in [1.54, 1.807) is 6.20 Å². The van der Waals surface area contributed by atoms with Crippen molar-refractivity contribution in [2.75, 3.05) is 0 Å². The fourth-order valence-electron chi connectivity index (χ4n) is 1.39. The summed E-state index contributed by atoms with van der Waals surface area (Å²) in [4.78, 5) is 16.8. The van der Waals surface area contributed by atoms with Gasteiger partial charge in [-0.15, -0.1) is 11.3 Å². The highest BCUT2D eigenvalue weighted by molar-refractivity contribution is 7.13. The van der Waals surface area contributed by atoms with Gasteiger partial charge >= 0.3 is 0 Å². The van der Waals surface area contributed by atoms with Crippen LogP contribution in [-0.2, 0) is 0 Å². The lowest BCUT2D eigenvalue weighted by Crippen LogP contribution is -1.98. The van der Waals surface area contributed by atoms with Crippen LogP contribution in [0.2, 0.25) is 0 Å². The Labute approximate surface area is 92.6 Å². The molecule has 0 aliphatic rings. The first-order chi connectivity index (χ1) is 7.16. The van der Waals surface area contributed by atoms with Gasteiger partial charge in [0, 0.05) is 11.8 Å². The molecule has 76 valence electrons. The zero-order valence-corrected chi connectivity index (χ0v) is 9.47. The average molecular weight is 217 g/mol. The summed E-state index contributed by atoms with van der Waals surface area (Å²) in [7, 11) is 0. The minimum atomic E-state index is 0.0595. The lowest BCUT2D eigenvalue weighted by Gasteiger charge is -1.98. The summed E-state index contributed by atoms with van der Waals surface area (Å²) in [5.41, 5.74) is 1.83. The SMILES string of the molecule is Cc1cccc(C(=O)c2cnc(C)s2)c1. The van der Waals surface area contributed by atoms with Crippen molar-refractivity contribution in [3.8, 4) is 0 Å². The number of carbonyl (C=O) groups is 1. The molecule has 15 heavy (non-hydrogen) atoms. The minimum absolute atomic E-state index is 0.0595. The third-order valence-corrected chi connectivity index (χ3v) is 3.04. The molecule has 0 saturated carbocycles. The zero-order chi connectivity index (χ0) is 10.8. The van der Waals surface area contributed by atoms with Crippen LogP contribution in [0.4, 0.5) is 0 Å². The molecule has 0 saturated heterocycles. The highest BCUT2D eigenvalue weighted by atomic mass is 32.1. The van der Waals surface area contributed by atoms with Crippen molar-refractivity contribution in [1.29, 1.82) is 0 Å². The molecule has 0 unspecified atom stereocenters. The maximum atomic E-state index is 12.0. The number of hydrogen-bond acceptors (Lipinski definition) is 3. The number of rotatable bonds is 2. The second-order valence-corrected chi connectivity index (χ2v) is 4.68. The standard InChI is InChI=1S/C12H11NOS/c1-8-4-3-5-10(6-8)12(14)11-7-13-9(2)15-11/h3-7H,1-2H3. The Morgan fingerprint density at radius 2 is 2.13 bits per heavy atom. The van der Waals surface area contributed by atoms with Gasteiger partial charge in [-0.25, -0.2) is 4.98 Å². The Balaban J connectivity index is 2.36. The van der Waals surface area contributed by atoms with E-state index >= 15 is 0 Å². The van der Waals surface area contributed by atoms with E-state index in [9.17, 15) is 4.79 Å². The van der Waals surface area contributed by atoms with Crippen LogP contribution >= 0.6 is 11.3 Å². The quantitative estimate of drug-likeness (QED) is 0.724. The molecule has 0 spiro atoms. The number of hydrogen-bond donors (Lipinski definition) is 0. The number of aromatic nitrogens is 1. The van der Waals surface area contributed by atoms with Crippen LogP contribution in [0.3, 0.4) is 0 Å². The Kier molecular flexibility index (Phi) is 2.64. The zero-order valence-electron chi connectivity index (χ0n) is 8.65. The van der Waals surface area contributed by atoms with E-state index in [0.29, 0.717) is 4.88 Å². The second-order valence-electron chi connectivity index (χ2n) is 3.44. The Morgan fingerprint density at radius 3 is 2.73 bits per heavy atom. The molecule has 0 radical (unpaired) electrons. The fourth-order valence-corrected chi connectivity index (χ4v) is 2.13. The van der Waals surface area contributed by atoms with Crippen LogP contribution in [0, 0.1) is 13.8 Å². The molecule has 0 amide bonds. The van der Waals surface area contributed by atoms with Crippen LogP contribution in [0.15, 0.2) is 30.5 Å². The van der Waals surface area contributed by atoms with Gasteiger partial charge in [0.1, 0.15) is 0 Å². The van der Waals surface area contributed by atoms with Gasteiger partial charge < -0.3 is 0 Å². The first-order valence-corrected chi connectivity index (χ1v) is 5.52. The van der Waals surface area contributed by atoms with Crippen molar-refractivity contribution < 1.29 is 4.79 Å². The van der Waals surface area contributed by atoms with Gasteiger partial charge in [-0.2, -0.15) is 0 Å². The van der Waals surface area contributed by atoms with Crippen molar-refractivity contribution in [3.63, 3.8) is 0 Å². The van der Waals surface area contributed by atoms with Crippen molar-refractivity contribution >= 4 is 17.1 Å². The molecule has 0 N–H and O–H groups in total. The summed E-state index contributed by atoms with van der Waals surface area (Å²) in [6, 6.07) is 7.62. The third kappa shape index (κ3) is 2.13. The third-order valence-electron chi connectivity index (χ3n) is 2.13. The van der Waals surface area contributed by atoms with Gasteiger partial charge in [-0.1, -0.05) is 23.8 Å². The second kappa shape index (κ2) is 3.95. The van der Waals surface area contributed by atoms with Crippen molar-refractivity contribution in [2.24, 2.45) is 0 Å². The molecule has 0 bridgehead atoms. The number of carbonyl (C=O) groups excluding carboxylic acids is 1. The predicted octanol–water partition coefficient (Wildman–Crippen LogP) is 2.99. The van der Waals surface area contributed by atoms with Gasteiger partial charge in [-0.05, 0) is 19.9 Å². The first kappa shape index (κ1) is 10.1. The van der Waals surface area contributed by atoms with Crippen molar-refractivity contribution in [1.82, 2.24) is 4.98 Å². The van der Waals surface area contributed by atoms with Crippen LogP contribution < -0.4 is 0 Å². The fraction of sp³-hybridized carbons (Fsp3) is 0.167. The van der Waals surface area contributed by atoms with Crippen LogP contribution in [0.1, 0.15) is 25.8 Å². The van der Waals surface area contributed by atoms with Crippen LogP contribution in [-0.4, -0.2) is 10.8 Å². The minimum Gasteiger partial charge on any atom is -0.288 e. The number of thiazole rings is 1. The van der Waals surface area contributed by atoms with Crippen molar-refractivity contribution in [2.45, 2.75) is 13.8 Å². The lowest BCUT2D eigenvalue weighted by molar-refractivity contribution is 0.104. The van der Waals surface area contributed by atoms with Crippen LogP contribution in [0.5, 0.6) is 0 Å². The molecule has 0 atom stereocenters. The topological polar surface area (TPSA) is 30.0 Å². The predicted molar refractivity (Wildman–Crippen MR) is 61.5 cm³/mol. The largest absolute Gasteiger partial charge is 0.288 e. The molecular weight excluding hydrogens is 206 g/mol. The van der Waals surface area contributed by atoms with E-state index in [0.717, 1.165) is 16.1 Å². The van der Waals surface area contributed by atoms with Gasteiger partial charge in [0.2, 0.25) is 5.78 Å². The number of nitrogens with zero attached hydrogens (tertiary/aromatic N) is 1. The monoisotopic (exact) mass is 217 g/mol. The molecule has 0 aliphatic carbocycles. The van der Waals surface area contributed by atoms with Gasteiger partial charge in [-0.3, -0.25) is 4.79 Å². The first-order valence-electron chi connectivity index (χ1n) is 4.70. The molecule has 2 rings (SSSR count). The molecule has 2 aromatic rings. The molecule has 2 nitrogen and oxygen atoms in total. The Bertz CT molecular complexity index is 502. The molecule has 3 heteroatoms. The molecular formula is C12H11NOS. The van der Waals surface area contributed by atoms with Crippen LogP contribution in [0.25, 0.3) is 0 Å². The molecule has 1 aromatic carbocycles. The van der Waals surface area contributed by atoms with E-state index in [1.165, 1.54) is 11.3 Å². The Hall–Kier alpha value is -1.48. The summed E-state index contributed by atoms with van der Waals surface area (Å²) >= 11 is 1.44. The molecule has 0 aliphatic heterocycles. The lowest BCUT2D eigenvalue weighted by atomic mass is 10.1. The maximum absolute atomic E-state index is 12.0. The van der Waals surface area contributed by atoms with Gasteiger partial charge in [0.15, 0.2) is 0 Å². The summed E-state index contributed by atoms with van der Waals surface area (Å²) in [6.45, 7) is 3.88. The van der Waals surface area contributed by atoms with Crippen molar-refractivity contribution in [3.05, 3.63) is 51.5 Å². The van der Waals surface area contributed by atoms with E-state index < -0.39 is 0 Å². The van der Waals surface area contributed by atoms with E-state index in [4.69, 9.17) is 0 Å². The number of ketones is 1. The highest BCUT2D eigenvalue weighted by Gasteiger charge is 2.11. The van der Waals surface area contributed by atoms with Gasteiger partial charge in [0.25, 0.3) is 0 Å². The average Bonchev–Trinajstić information content (AvgIpc) is 2.64. The summed E-state index contributed by atoms with van der Waals surface area (Å²) in [5, 5.41) is 0.922. The highest BCUT2D eigenvalue weighted by Crippen LogP contribution is 2.17.